The van der Waals surface area contributed by atoms with E-state index in [1.807, 2.05) is 0 Å². The summed E-state index contributed by atoms with van der Waals surface area (Å²) in [6.07, 6.45) is 1.06. The molecule has 1 aliphatic carbocycles. The Morgan fingerprint density at radius 3 is 2.29 bits per heavy atom. The van der Waals surface area contributed by atoms with Crippen molar-refractivity contribution in [2.45, 2.75) is 32.0 Å². The fourth-order valence-corrected chi connectivity index (χ4v) is 3.52. The van der Waals surface area contributed by atoms with Crippen molar-refractivity contribution in [3.05, 3.63) is 35.9 Å². The molecule has 0 N–H and O–H groups in total. The first-order chi connectivity index (χ1) is 8.24. The molecule has 0 aromatic heterocycles. The SMILES string of the molecule is C[C@H](c1ccccc1)N1CC2CC(F)C[C@@H]2C1. The second kappa shape index (κ2) is 4.41. The van der Waals surface area contributed by atoms with Gasteiger partial charge in [0.05, 0.1) is 0 Å². The second-order valence-corrected chi connectivity index (χ2v) is 5.63. The molecule has 0 spiro atoms. The van der Waals surface area contributed by atoms with Crippen LogP contribution in [0.5, 0.6) is 0 Å². The van der Waals surface area contributed by atoms with Gasteiger partial charge in [-0.3, -0.25) is 4.90 Å². The number of benzene rings is 1. The number of hydrogen-bond acceptors (Lipinski definition) is 1. The lowest BCUT2D eigenvalue weighted by atomic mass is 10.0. The molecular formula is C15H20FN. The molecule has 1 heterocycles. The molecule has 1 aliphatic heterocycles. The monoisotopic (exact) mass is 233 g/mol. The van der Waals surface area contributed by atoms with Crippen molar-refractivity contribution >= 4 is 0 Å². The maximum Gasteiger partial charge on any atom is 0.101 e. The largest absolute Gasteiger partial charge is 0.296 e. The summed E-state index contributed by atoms with van der Waals surface area (Å²) in [5.41, 5.74) is 1.38. The van der Waals surface area contributed by atoms with E-state index in [-0.39, 0.29) is 0 Å². The zero-order valence-electron chi connectivity index (χ0n) is 10.3. The molecule has 2 unspecified atom stereocenters. The Bertz CT molecular complexity index is 364. The predicted octanol–water partition coefficient (Wildman–Crippen LogP) is 3.43. The summed E-state index contributed by atoms with van der Waals surface area (Å²) in [4.78, 5) is 2.52. The molecule has 0 radical (unpaired) electrons. The lowest BCUT2D eigenvalue weighted by Gasteiger charge is -2.25. The van der Waals surface area contributed by atoms with Gasteiger partial charge in [-0.25, -0.2) is 4.39 Å². The Labute approximate surface area is 103 Å². The molecule has 2 heteroatoms. The zero-order valence-corrected chi connectivity index (χ0v) is 10.3. The Hall–Kier alpha value is -0.890. The molecule has 1 aromatic rings. The van der Waals surface area contributed by atoms with E-state index in [1.165, 1.54) is 5.56 Å². The van der Waals surface area contributed by atoms with Gasteiger partial charge >= 0.3 is 0 Å². The summed E-state index contributed by atoms with van der Waals surface area (Å²) >= 11 is 0. The minimum Gasteiger partial charge on any atom is -0.296 e. The average molecular weight is 233 g/mol. The van der Waals surface area contributed by atoms with Gasteiger partial charge in [0.15, 0.2) is 0 Å². The van der Waals surface area contributed by atoms with Crippen molar-refractivity contribution < 1.29 is 4.39 Å². The van der Waals surface area contributed by atoms with Crippen LogP contribution in [0.25, 0.3) is 0 Å². The number of alkyl halides is 1. The highest BCUT2D eigenvalue weighted by Gasteiger charge is 2.42. The van der Waals surface area contributed by atoms with Crippen molar-refractivity contribution in [1.29, 1.82) is 0 Å². The van der Waals surface area contributed by atoms with Gasteiger partial charge < -0.3 is 0 Å². The first kappa shape index (κ1) is 11.2. The van der Waals surface area contributed by atoms with E-state index in [0.29, 0.717) is 17.9 Å². The van der Waals surface area contributed by atoms with Crippen LogP contribution in [0.1, 0.15) is 31.4 Å². The van der Waals surface area contributed by atoms with Crippen LogP contribution < -0.4 is 0 Å². The van der Waals surface area contributed by atoms with Crippen LogP contribution in [-0.2, 0) is 0 Å². The predicted molar refractivity (Wildman–Crippen MR) is 67.5 cm³/mol. The van der Waals surface area contributed by atoms with Gasteiger partial charge in [0.1, 0.15) is 6.17 Å². The standard InChI is InChI=1S/C15H20FN/c1-11(12-5-3-2-4-6-12)17-9-13-7-15(16)8-14(13)10-17/h2-6,11,13-15H,7-10H2,1H3/t11-,13-,14?,15?/m1/s1. The maximum absolute atomic E-state index is 13.3. The Morgan fingerprint density at radius 1 is 1.12 bits per heavy atom. The summed E-state index contributed by atoms with van der Waals surface area (Å²) in [6.45, 7) is 4.44. The van der Waals surface area contributed by atoms with Crippen LogP contribution in [0.2, 0.25) is 0 Å². The number of rotatable bonds is 2. The number of hydrogen-bond donors (Lipinski definition) is 0. The van der Waals surface area contributed by atoms with Crippen LogP contribution in [-0.4, -0.2) is 24.2 Å². The van der Waals surface area contributed by atoms with E-state index in [2.05, 4.69) is 42.2 Å². The van der Waals surface area contributed by atoms with Crippen molar-refractivity contribution in [3.8, 4) is 0 Å². The zero-order chi connectivity index (χ0) is 11.8. The quantitative estimate of drug-likeness (QED) is 0.756. The average Bonchev–Trinajstić information content (AvgIpc) is 2.86. The summed E-state index contributed by atoms with van der Waals surface area (Å²) in [5, 5.41) is 0. The molecule has 4 atom stereocenters. The molecule has 1 aromatic carbocycles. The molecule has 1 saturated carbocycles. The maximum atomic E-state index is 13.3. The minimum atomic E-state index is -0.529. The topological polar surface area (TPSA) is 3.24 Å². The highest BCUT2D eigenvalue weighted by atomic mass is 19.1. The first-order valence-corrected chi connectivity index (χ1v) is 6.67. The molecule has 0 bridgehead atoms. The van der Waals surface area contributed by atoms with Crippen LogP contribution in [0, 0.1) is 11.8 Å². The summed E-state index contributed by atoms with van der Waals surface area (Å²) in [7, 11) is 0. The molecule has 1 saturated heterocycles. The molecule has 0 amide bonds. The van der Waals surface area contributed by atoms with Gasteiger partial charge in [0.2, 0.25) is 0 Å². The second-order valence-electron chi connectivity index (χ2n) is 5.63. The third-order valence-electron chi connectivity index (χ3n) is 4.55. The molecule has 2 aliphatic rings. The fourth-order valence-electron chi connectivity index (χ4n) is 3.52. The number of fused-ring (bicyclic) bond motifs is 1. The third kappa shape index (κ3) is 2.11. The Kier molecular flexibility index (Phi) is 2.91. The van der Waals surface area contributed by atoms with Gasteiger partial charge in [-0.05, 0) is 37.2 Å². The van der Waals surface area contributed by atoms with Gasteiger partial charge in [0.25, 0.3) is 0 Å². The number of likely N-dealkylation sites (tertiary alicyclic amines) is 1. The van der Waals surface area contributed by atoms with Gasteiger partial charge in [-0.15, -0.1) is 0 Å². The van der Waals surface area contributed by atoms with Crippen LogP contribution in [0.3, 0.4) is 0 Å². The Balaban J connectivity index is 1.68. The smallest absolute Gasteiger partial charge is 0.101 e. The highest BCUT2D eigenvalue weighted by Crippen LogP contribution is 2.41. The molecule has 3 rings (SSSR count). The minimum absolute atomic E-state index is 0.472. The summed E-state index contributed by atoms with van der Waals surface area (Å²) < 4.78 is 13.3. The van der Waals surface area contributed by atoms with E-state index in [0.717, 1.165) is 25.9 Å². The molecular weight excluding hydrogens is 213 g/mol. The molecule has 2 fully saturated rings. The summed E-state index contributed by atoms with van der Waals surface area (Å²) in [6, 6.07) is 11.1. The Morgan fingerprint density at radius 2 is 1.71 bits per heavy atom. The molecule has 17 heavy (non-hydrogen) atoms. The first-order valence-electron chi connectivity index (χ1n) is 6.67. The van der Waals surface area contributed by atoms with E-state index in [4.69, 9.17) is 0 Å². The van der Waals surface area contributed by atoms with Crippen molar-refractivity contribution in [2.75, 3.05) is 13.1 Å². The van der Waals surface area contributed by atoms with Crippen molar-refractivity contribution in [2.24, 2.45) is 11.8 Å². The summed E-state index contributed by atoms with van der Waals surface area (Å²) in [5.74, 6) is 1.22. The van der Waals surface area contributed by atoms with Gasteiger partial charge in [-0.2, -0.15) is 0 Å². The van der Waals surface area contributed by atoms with E-state index in [9.17, 15) is 4.39 Å². The van der Waals surface area contributed by atoms with E-state index < -0.39 is 6.17 Å². The van der Waals surface area contributed by atoms with Crippen molar-refractivity contribution in [3.63, 3.8) is 0 Å². The number of nitrogens with zero attached hydrogens (tertiary/aromatic N) is 1. The lowest BCUT2D eigenvalue weighted by molar-refractivity contribution is 0.221. The van der Waals surface area contributed by atoms with Crippen LogP contribution in [0.15, 0.2) is 30.3 Å². The fraction of sp³-hybridized carbons (Fsp3) is 0.600. The highest BCUT2D eigenvalue weighted by molar-refractivity contribution is 5.18. The number of halogens is 1. The normalized spacial score (nSPS) is 34.8. The molecule has 92 valence electrons. The van der Waals surface area contributed by atoms with E-state index >= 15 is 0 Å². The van der Waals surface area contributed by atoms with Crippen molar-refractivity contribution in [1.82, 2.24) is 4.90 Å². The van der Waals surface area contributed by atoms with Gasteiger partial charge in [0, 0.05) is 19.1 Å². The lowest BCUT2D eigenvalue weighted by Crippen LogP contribution is -2.26. The van der Waals surface area contributed by atoms with E-state index in [1.54, 1.807) is 0 Å². The molecule has 1 nitrogen and oxygen atoms in total. The van der Waals surface area contributed by atoms with Gasteiger partial charge in [-0.1, -0.05) is 30.3 Å². The van der Waals surface area contributed by atoms with Crippen LogP contribution in [0.4, 0.5) is 4.39 Å². The van der Waals surface area contributed by atoms with Crippen LogP contribution >= 0.6 is 0 Å². The third-order valence-corrected chi connectivity index (χ3v) is 4.55.